The van der Waals surface area contributed by atoms with E-state index < -0.39 is 0 Å². The lowest BCUT2D eigenvalue weighted by Gasteiger charge is -2.02. The fraction of sp³-hybridized carbons (Fsp3) is 0.200. The molecule has 2 aromatic rings. The van der Waals surface area contributed by atoms with Gasteiger partial charge in [-0.25, -0.2) is 0 Å². The molecular formula is C15H12Cl2O2S. The monoisotopic (exact) mass is 326 g/mol. The second-order valence-electron chi connectivity index (χ2n) is 4.39. The number of rotatable bonds is 5. The van der Waals surface area contributed by atoms with E-state index in [1.54, 1.807) is 18.2 Å². The van der Waals surface area contributed by atoms with E-state index in [1.807, 2.05) is 13.0 Å². The zero-order chi connectivity index (χ0) is 14.7. The van der Waals surface area contributed by atoms with Gasteiger partial charge in [0.25, 0.3) is 0 Å². The van der Waals surface area contributed by atoms with Gasteiger partial charge in [-0.2, -0.15) is 0 Å². The molecule has 5 heteroatoms. The number of aryl methyl sites for hydroxylation is 1. The minimum absolute atomic E-state index is 0.00323. The van der Waals surface area contributed by atoms with Crippen molar-refractivity contribution >= 4 is 46.1 Å². The maximum atomic E-state index is 12.0. The molecule has 1 aromatic carbocycles. The van der Waals surface area contributed by atoms with Gasteiger partial charge in [0, 0.05) is 23.3 Å². The van der Waals surface area contributed by atoms with E-state index in [0.29, 0.717) is 20.5 Å². The predicted octanol–water partition coefficient (Wildman–Crippen LogP) is 5.21. The van der Waals surface area contributed by atoms with Crippen LogP contribution in [0.5, 0.6) is 0 Å². The molecule has 0 bridgehead atoms. The van der Waals surface area contributed by atoms with Crippen LogP contribution in [0.4, 0.5) is 0 Å². The topological polar surface area (TPSA) is 34.1 Å². The van der Waals surface area contributed by atoms with Gasteiger partial charge < -0.3 is 0 Å². The van der Waals surface area contributed by atoms with Crippen LogP contribution in [0, 0.1) is 6.92 Å². The summed E-state index contributed by atoms with van der Waals surface area (Å²) in [5.74, 6) is -0.110. The van der Waals surface area contributed by atoms with Crippen molar-refractivity contribution < 1.29 is 9.59 Å². The molecule has 0 unspecified atom stereocenters. The number of ketones is 2. The summed E-state index contributed by atoms with van der Waals surface area (Å²) >= 11 is 13.1. The van der Waals surface area contributed by atoms with Crippen molar-refractivity contribution in [3.8, 4) is 0 Å². The lowest BCUT2D eigenvalue weighted by molar-refractivity contribution is 0.0919. The van der Waals surface area contributed by atoms with E-state index in [4.69, 9.17) is 23.2 Å². The summed E-state index contributed by atoms with van der Waals surface area (Å²) in [4.78, 5) is 25.7. The second kappa shape index (κ2) is 6.53. The van der Waals surface area contributed by atoms with Crippen LogP contribution in [0.25, 0.3) is 0 Å². The Labute approximate surface area is 131 Å². The summed E-state index contributed by atoms with van der Waals surface area (Å²) in [5, 5.41) is 0.756. The fourth-order valence-electron chi connectivity index (χ4n) is 1.75. The SMILES string of the molecule is Cc1ccc(C(=O)CCC(=O)c2ccc(Cl)c(Cl)c2)s1. The quantitative estimate of drug-likeness (QED) is 0.707. The summed E-state index contributed by atoms with van der Waals surface area (Å²) in [5.41, 5.74) is 0.481. The minimum atomic E-state index is -0.106. The normalized spacial score (nSPS) is 10.6. The second-order valence-corrected chi connectivity index (χ2v) is 6.49. The Morgan fingerprint density at radius 1 is 1.00 bits per heavy atom. The number of benzene rings is 1. The molecule has 0 spiro atoms. The molecule has 0 atom stereocenters. The number of carbonyl (C=O) groups excluding carboxylic acids is 2. The molecule has 20 heavy (non-hydrogen) atoms. The predicted molar refractivity (Wildman–Crippen MR) is 83.4 cm³/mol. The first-order chi connectivity index (χ1) is 9.47. The highest BCUT2D eigenvalue weighted by atomic mass is 35.5. The molecule has 2 rings (SSSR count). The Bertz CT molecular complexity index is 662. The molecular weight excluding hydrogens is 315 g/mol. The third-order valence-electron chi connectivity index (χ3n) is 2.84. The number of hydrogen-bond acceptors (Lipinski definition) is 3. The number of Topliss-reactive ketones (excluding diaryl/α,β-unsaturated/α-hetero) is 2. The largest absolute Gasteiger partial charge is 0.294 e. The third kappa shape index (κ3) is 3.69. The van der Waals surface area contributed by atoms with Gasteiger partial charge in [-0.1, -0.05) is 23.2 Å². The lowest BCUT2D eigenvalue weighted by atomic mass is 10.0. The molecule has 0 aliphatic rings. The first kappa shape index (κ1) is 15.2. The minimum Gasteiger partial charge on any atom is -0.294 e. The van der Waals surface area contributed by atoms with Gasteiger partial charge in [0.15, 0.2) is 11.6 Å². The molecule has 0 amide bonds. The van der Waals surface area contributed by atoms with Crippen molar-refractivity contribution in [2.45, 2.75) is 19.8 Å². The van der Waals surface area contributed by atoms with Crippen molar-refractivity contribution in [1.82, 2.24) is 0 Å². The molecule has 1 heterocycles. The number of halogens is 2. The zero-order valence-corrected chi connectivity index (χ0v) is 13.1. The van der Waals surface area contributed by atoms with Gasteiger partial charge in [-0.05, 0) is 37.3 Å². The average Bonchev–Trinajstić information content (AvgIpc) is 2.85. The summed E-state index contributed by atoms with van der Waals surface area (Å²) in [6.07, 6.45) is 0.382. The number of hydrogen-bond donors (Lipinski definition) is 0. The summed E-state index contributed by atoms with van der Waals surface area (Å²) < 4.78 is 0. The highest BCUT2D eigenvalue weighted by Crippen LogP contribution is 2.24. The van der Waals surface area contributed by atoms with Crippen molar-refractivity contribution in [2.75, 3.05) is 0 Å². The van der Waals surface area contributed by atoms with E-state index in [2.05, 4.69) is 0 Å². The van der Waals surface area contributed by atoms with Crippen LogP contribution in [-0.4, -0.2) is 11.6 Å². The third-order valence-corrected chi connectivity index (χ3v) is 4.62. The molecule has 0 saturated heterocycles. The fourth-order valence-corrected chi connectivity index (χ4v) is 2.88. The van der Waals surface area contributed by atoms with E-state index in [0.717, 1.165) is 4.88 Å². The highest BCUT2D eigenvalue weighted by molar-refractivity contribution is 7.14. The van der Waals surface area contributed by atoms with Gasteiger partial charge in [0.1, 0.15) is 0 Å². The summed E-state index contributed by atoms with van der Waals surface area (Å²) in [6.45, 7) is 1.95. The van der Waals surface area contributed by atoms with E-state index in [1.165, 1.54) is 17.4 Å². The van der Waals surface area contributed by atoms with E-state index in [-0.39, 0.29) is 24.4 Å². The molecule has 0 saturated carbocycles. The van der Waals surface area contributed by atoms with Crippen LogP contribution in [-0.2, 0) is 0 Å². The summed E-state index contributed by atoms with van der Waals surface area (Å²) in [6, 6.07) is 8.44. The van der Waals surface area contributed by atoms with Crippen LogP contribution < -0.4 is 0 Å². The molecule has 0 radical (unpaired) electrons. The van der Waals surface area contributed by atoms with Gasteiger partial charge in [-0.15, -0.1) is 11.3 Å². The van der Waals surface area contributed by atoms with Crippen molar-refractivity contribution in [3.63, 3.8) is 0 Å². The van der Waals surface area contributed by atoms with Gasteiger partial charge >= 0.3 is 0 Å². The zero-order valence-electron chi connectivity index (χ0n) is 10.8. The number of carbonyl (C=O) groups is 2. The Balaban J connectivity index is 1.98. The van der Waals surface area contributed by atoms with Crippen LogP contribution in [0.1, 0.15) is 37.7 Å². The molecule has 0 fully saturated rings. The Morgan fingerprint density at radius 2 is 1.70 bits per heavy atom. The molecule has 0 aliphatic heterocycles. The molecule has 0 N–H and O–H groups in total. The van der Waals surface area contributed by atoms with Gasteiger partial charge in [0.2, 0.25) is 0 Å². The smallest absolute Gasteiger partial charge is 0.173 e. The Kier molecular flexibility index (Phi) is 4.97. The van der Waals surface area contributed by atoms with Crippen molar-refractivity contribution in [3.05, 3.63) is 55.7 Å². The molecule has 0 aliphatic carbocycles. The Hall–Kier alpha value is -1.16. The van der Waals surface area contributed by atoms with Crippen molar-refractivity contribution in [1.29, 1.82) is 0 Å². The lowest BCUT2D eigenvalue weighted by Crippen LogP contribution is -2.04. The standard InChI is InChI=1S/C15H12Cl2O2S/c1-9-2-7-15(20-9)14(19)6-5-13(18)10-3-4-11(16)12(17)8-10/h2-4,7-8H,5-6H2,1H3. The summed E-state index contributed by atoms with van der Waals surface area (Å²) in [7, 11) is 0. The van der Waals surface area contributed by atoms with E-state index in [9.17, 15) is 9.59 Å². The van der Waals surface area contributed by atoms with Crippen LogP contribution in [0.15, 0.2) is 30.3 Å². The average molecular weight is 327 g/mol. The maximum Gasteiger partial charge on any atom is 0.173 e. The molecule has 104 valence electrons. The van der Waals surface area contributed by atoms with Gasteiger partial charge in [-0.3, -0.25) is 9.59 Å². The van der Waals surface area contributed by atoms with Crippen LogP contribution >= 0.6 is 34.5 Å². The van der Waals surface area contributed by atoms with Crippen molar-refractivity contribution in [2.24, 2.45) is 0 Å². The number of thiophene rings is 1. The first-order valence-corrected chi connectivity index (χ1v) is 7.62. The highest BCUT2D eigenvalue weighted by Gasteiger charge is 2.13. The Morgan fingerprint density at radius 3 is 2.30 bits per heavy atom. The van der Waals surface area contributed by atoms with Crippen LogP contribution in [0.3, 0.4) is 0 Å². The molecule has 1 aromatic heterocycles. The molecule has 2 nitrogen and oxygen atoms in total. The maximum absolute atomic E-state index is 12.0. The van der Waals surface area contributed by atoms with E-state index >= 15 is 0 Å². The van der Waals surface area contributed by atoms with Gasteiger partial charge in [0.05, 0.1) is 14.9 Å². The van der Waals surface area contributed by atoms with Crippen LogP contribution in [0.2, 0.25) is 10.0 Å². The first-order valence-electron chi connectivity index (χ1n) is 6.05.